The predicted octanol–water partition coefficient (Wildman–Crippen LogP) is 2.56. The Morgan fingerprint density at radius 1 is 1.22 bits per heavy atom. The van der Waals surface area contributed by atoms with E-state index >= 15 is 0 Å². The Kier molecular flexibility index (Phi) is 2.84. The van der Waals surface area contributed by atoms with E-state index in [0.717, 1.165) is 18.9 Å². The lowest BCUT2D eigenvalue weighted by molar-refractivity contribution is 0.0875. The number of nitrogens with one attached hydrogen (secondary N) is 1. The molecule has 1 spiro atoms. The quantitative estimate of drug-likeness (QED) is 0.834. The molecule has 0 bridgehead atoms. The van der Waals surface area contributed by atoms with E-state index in [-0.39, 0.29) is 0 Å². The van der Waals surface area contributed by atoms with Crippen LogP contribution in [-0.4, -0.2) is 35.2 Å². The fourth-order valence-corrected chi connectivity index (χ4v) is 4.93. The van der Waals surface area contributed by atoms with E-state index in [1.165, 1.54) is 49.4 Å². The standard InChI is InChI=1S/C14H22N2OS/c1-2-7-14(6-1)9-18-13(16-14)15-11-5-8-17-12(11)10-3-4-10/h10-12H,1-9H2,(H,15,16). The highest BCUT2D eigenvalue weighted by Gasteiger charge is 2.43. The minimum Gasteiger partial charge on any atom is -0.376 e. The molecular weight excluding hydrogens is 244 g/mol. The van der Waals surface area contributed by atoms with Gasteiger partial charge >= 0.3 is 0 Å². The third-order valence-corrected chi connectivity index (χ3v) is 6.07. The van der Waals surface area contributed by atoms with Crippen molar-refractivity contribution in [2.24, 2.45) is 10.9 Å². The Hall–Kier alpha value is -0.220. The van der Waals surface area contributed by atoms with Crippen LogP contribution in [0.1, 0.15) is 44.9 Å². The number of aliphatic imine (C=N–C) groups is 1. The summed E-state index contributed by atoms with van der Waals surface area (Å²) >= 11 is 1.94. The zero-order chi connectivity index (χ0) is 12.0. The van der Waals surface area contributed by atoms with Gasteiger partial charge in [0.15, 0.2) is 5.17 Å². The third kappa shape index (κ3) is 2.07. The molecular formula is C14H22N2OS. The molecule has 2 unspecified atom stereocenters. The molecule has 18 heavy (non-hydrogen) atoms. The van der Waals surface area contributed by atoms with Crippen molar-refractivity contribution in [3.05, 3.63) is 0 Å². The SMILES string of the molecule is C1CCC2(C1)CSC(=NC1CCOC1C1CC1)N2. The largest absolute Gasteiger partial charge is 0.376 e. The van der Waals surface area contributed by atoms with E-state index in [9.17, 15) is 0 Å². The molecule has 0 aromatic heterocycles. The van der Waals surface area contributed by atoms with Crippen molar-refractivity contribution >= 4 is 16.9 Å². The zero-order valence-electron chi connectivity index (χ0n) is 10.9. The van der Waals surface area contributed by atoms with Crippen molar-refractivity contribution in [2.45, 2.75) is 62.6 Å². The molecule has 2 atom stereocenters. The molecule has 3 nitrogen and oxygen atoms in total. The number of thioether (sulfide) groups is 1. The van der Waals surface area contributed by atoms with Crippen LogP contribution < -0.4 is 5.32 Å². The summed E-state index contributed by atoms with van der Waals surface area (Å²) in [6.07, 6.45) is 9.72. The van der Waals surface area contributed by atoms with E-state index < -0.39 is 0 Å². The number of amidine groups is 1. The van der Waals surface area contributed by atoms with Crippen LogP contribution in [-0.2, 0) is 4.74 Å². The van der Waals surface area contributed by atoms with E-state index in [2.05, 4.69) is 5.32 Å². The minimum atomic E-state index is 0.401. The maximum atomic E-state index is 5.87. The Labute approximate surface area is 113 Å². The third-order valence-electron chi connectivity index (χ3n) is 4.89. The van der Waals surface area contributed by atoms with E-state index in [0.29, 0.717) is 17.7 Å². The lowest BCUT2D eigenvalue weighted by Gasteiger charge is -2.22. The maximum Gasteiger partial charge on any atom is 0.157 e. The van der Waals surface area contributed by atoms with Gasteiger partial charge in [0.25, 0.3) is 0 Å². The second-order valence-corrected chi connectivity index (χ2v) is 7.33. The Morgan fingerprint density at radius 2 is 2.06 bits per heavy atom. The molecule has 2 aliphatic heterocycles. The molecule has 0 aromatic carbocycles. The minimum absolute atomic E-state index is 0.401. The first kappa shape index (κ1) is 11.6. The van der Waals surface area contributed by atoms with Crippen LogP contribution >= 0.6 is 11.8 Å². The van der Waals surface area contributed by atoms with Crippen LogP contribution in [0.25, 0.3) is 0 Å². The summed E-state index contributed by atoms with van der Waals surface area (Å²) in [6, 6.07) is 0.434. The molecule has 2 heterocycles. The van der Waals surface area contributed by atoms with Gasteiger partial charge in [-0.25, -0.2) is 0 Å². The molecule has 4 aliphatic rings. The van der Waals surface area contributed by atoms with Crippen molar-refractivity contribution in [2.75, 3.05) is 12.4 Å². The van der Waals surface area contributed by atoms with Crippen LogP contribution in [0.2, 0.25) is 0 Å². The smallest absolute Gasteiger partial charge is 0.157 e. The summed E-state index contributed by atoms with van der Waals surface area (Å²) in [6.45, 7) is 0.915. The van der Waals surface area contributed by atoms with Gasteiger partial charge in [0, 0.05) is 17.9 Å². The summed E-state index contributed by atoms with van der Waals surface area (Å²) in [5.74, 6) is 2.04. The van der Waals surface area contributed by atoms with Gasteiger partial charge in [0.1, 0.15) is 0 Å². The lowest BCUT2D eigenvalue weighted by atomic mass is 10.0. The van der Waals surface area contributed by atoms with E-state index in [4.69, 9.17) is 9.73 Å². The molecule has 2 aliphatic carbocycles. The predicted molar refractivity (Wildman–Crippen MR) is 75.1 cm³/mol. The van der Waals surface area contributed by atoms with Crippen molar-refractivity contribution in [3.63, 3.8) is 0 Å². The number of hydrogen-bond acceptors (Lipinski definition) is 3. The van der Waals surface area contributed by atoms with Crippen LogP contribution in [0.15, 0.2) is 4.99 Å². The van der Waals surface area contributed by atoms with E-state index in [1.807, 2.05) is 11.8 Å². The van der Waals surface area contributed by atoms with Crippen LogP contribution in [0.4, 0.5) is 0 Å². The van der Waals surface area contributed by atoms with Crippen LogP contribution in [0.3, 0.4) is 0 Å². The summed E-state index contributed by atoms with van der Waals surface area (Å²) < 4.78 is 5.87. The molecule has 0 radical (unpaired) electrons. The highest BCUT2D eigenvalue weighted by atomic mass is 32.2. The summed E-state index contributed by atoms with van der Waals surface area (Å²) in [5.41, 5.74) is 0.401. The van der Waals surface area contributed by atoms with Crippen molar-refractivity contribution in [1.82, 2.24) is 5.32 Å². The van der Waals surface area contributed by atoms with Gasteiger partial charge in [-0.15, -0.1) is 0 Å². The highest BCUT2D eigenvalue weighted by molar-refractivity contribution is 8.14. The van der Waals surface area contributed by atoms with Crippen molar-refractivity contribution in [3.8, 4) is 0 Å². The summed E-state index contributed by atoms with van der Waals surface area (Å²) in [4.78, 5) is 4.98. The topological polar surface area (TPSA) is 33.6 Å². The van der Waals surface area contributed by atoms with Crippen LogP contribution in [0.5, 0.6) is 0 Å². The van der Waals surface area contributed by atoms with E-state index in [1.54, 1.807) is 0 Å². The van der Waals surface area contributed by atoms with Gasteiger partial charge in [0.05, 0.1) is 12.1 Å². The van der Waals surface area contributed by atoms with Gasteiger partial charge in [-0.05, 0) is 38.0 Å². The summed E-state index contributed by atoms with van der Waals surface area (Å²) in [7, 11) is 0. The molecule has 0 amide bonds. The molecule has 4 fully saturated rings. The molecule has 4 heteroatoms. The number of ether oxygens (including phenoxy) is 1. The van der Waals surface area contributed by atoms with Crippen molar-refractivity contribution < 1.29 is 4.74 Å². The first-order valence-electron chi connectivity index (χ1n) is 7.45. The first-order valence-corrected chi connectivity index (χ1v) is 8.44. The number of rotatable bonds is 2. The monoisotopic (exact) mass is 266 g/mol. The van der Waals surface area contributed by atoms with Gasteiger partial charge in [0.2, 0.25) is 0 Å². The molecule has 1 N–H and O–H groups in total. The maximum absolute atomic E-state index is 5.87. The van der Waals surface area contributed by atoms with Gasteiger partial charge in [-0.3, -0.25) is 4.99 Å². The highest BCUT2D eigenvalue weighted by Crippen LogP contribution is 2.41. The van der Waals surface area contributed by atoms with Gasteiger partial charge in [-0.2, -0.15) is 0 Å². The number of nitrogens with zero attached hydrogens (tertiary/aromatic N) is 1. The molecule has 100 valence electrons. The normalized spacial score (nSPS) is 40.8. The molecule has 0 aromatic rings. The second-order valence-electron chi connectivity index (χ2n) is 6.36. The summed E-state index contributed by atoms with van der Waals surface area (Å²) in [5, 5.41) is 4.94. The average molecular weight is 266 g/mol. The zero-order valence-corrected chi connectivity index (χ0v) is 11.7. The average Bonchev–Trinajstić information content (AvgIpc) is 2.80. The fourth-order valence-electron chi connectivity index (χ4n) is 3.66. The fraction of sp³-hybridized carbons (Fsp3) is 0.929. The molecule has 2 saturated carbocycles. The lowest BCUT2D eigenvalue weighted by Crippen LogP contribution is -2.41. The van der Waals surface area contributed by atoms with Crippen LogP contribution in [0, 0.1) is 5.92 Å². The number of hydrogen-bond donors (Lipinski definition) is 1. The molecule has 4 rings (SSSR count). The van der Waals surface area contributed by atoms with Gasteiger partial charge < -0.3 is 10.1 Å². The second kappa shape index (κ2) is 4.41. The van der Waals surface area contributed by atoms with Gasteiger partial charge in [-0.1, -0.05) is 24.6 Å². The Balaban J connectivity index is 1.45. The Morgan fingerprint density at radius 3 is 2.83 bits per heavy atom. The first-order chi connectivity index (χ1) is 8.85. The van der Waals surface area contributed by atoms with Crippen molar-refractivity contribution in [1.29, 1.82) is 0 Å². The Bertz CT molecular complexity index is 361. The molecule has 2 saturated heterocycles.